The Bertz CT molecular complexity index is 696. The number of guanidine groups is 1. The minimum absolute atomic E-state index is 0.727. The molecule has 140 valence electrons. The molecule has 0 bridgehead atoms. The SMILES string of the molecule is CCNC(=NCCc1ccccc1Cl)N1CCN(Cc2ccon2)CC1. The molecule has 0 aliphatic carbocycles. The summed E-state index contributed by atoms with van der Waals surface area (Å²) in [6, 6.07) is 9.89. The minimum Gasteiger partial charge on any atom is -0.364 e. The van der Waals surface area contributed by atoms with E-state index in [0.29, 0.717) is 0 Å². The lowest BCUT2D eigenvalue weighted by Crippen LogP contribution is -2.52. The van der Waals surface area contributed by atoms with Crippen LogP contribution in [0.15, 0.2) is 46.1 Å². The lowest BCUT2D eigenvalue weighted by molar-refractivity contribution is 0.169. The fraction of sp³-hybridized carbons (Fsp3) is 0.474. The van der Waals surface area contributed by atoms with Crippen molar-refractivity contribution < 1.29 is 4.52 Å². The van der Waals surface area contributed by atoms with Gasteiger partial charge >= 0.3 is 0 Å². The summed E-state index contributed by atoms with van der Waals surface area (Å²) >= 11 is 6.23. The summed E-state index contributed by atoms with van der Waals surface area (Å²) in [5.74, 6) is 0.987. The molecule has 3 rings (SSSR count). The maximum atomic E-state index is 6.23. The van der Waals surface area contributed by atoms with Crippen molar-refractivity contribution in [3.05, 3.63) is 52.9 Å². The molecular formula is C19H26ClN5O. The van der Waals surface area contributed by atoms with Crippen LogP contribution in [-0.2, 0) is 13.0 Å². The molecule has 2 heterocycles. The van der Waals surface area contributed by atoms with E-state index >= 15 is 0 Å². The molecule has 1 N–H and O–H groups in total. The quantitative estimate of drug-likeness (QED) is 0.621. The molecule has 26 heavy (non-hydrogen) atoms. The Labute approximate surface area is 159 Å². The Morgan fingerprint density at radius 1 is 1.23 bits per heavy atom. The summed E-state index contributed by atoms with van der Waals surface area (Å²) in [6.07, 6.45) is 2.47. The number of hydrogen-bond acceptors (Lipinski definition) is 4. The Kier molecular flexibility index (Phi) is 6.91. The maximum Gasteiger partial charge on any atom is 0.194 e. The van der Waals surface area contributed by atoms with E-state index in [1.807, 2.05) is 24.3 Å². The van der Waals surface area contributed by atoms with E-state index in [1.54, 1.807) is 6.26 Å². The highest BCUT2D eigenvalue weighted by Gasteiger charge is 2.20. The number of aliphatic imine (C=N–C) groups is 1. The number of nitrogens with one attached hydrogen (secondary N) is 1. The first-order valence-corrected chi connectivity index (χ1v) is 9.52. The van der Waals surface area contributed by atoms with Crippen molar-refractivity contribution in [2.45, 2.75) is 19.9 Å². The van der Waals surface area contributed by atoms with Gasteiger partial charge in [0.05, 0.1) is 5.69 Å². The second-order valence-electron chi connectivity index (χ2n) is 6.33. The molecule has 2 aromatic rings. The van der Waals surface area contributed by atoms with Gasteiger partial charge in [-0.1, -0.05) is 35.0 Å². The van der Waals surface area contributed by atoms with E-state index < -0.39 is 0 Å². The topological polar surface area (TPSA) is 56.9 Å². The largest absolute Gasteiger partial charge is 0.364 e. The van der Waals surface area contributed by atoms with Crippen LogP contribution in [0.4, 0.5) is 0 Å². The van der Waals surface area contributed by atoms with Gasteiger partial charge in [-0.15, -0.1) is 0 Å². The average Bonchev–Trinajstić information content (AvgIpc) is 3.16. The third-order valence-corrected chi connectivity index (χ3v) is 4.85. The van der Waals surface area contributed by atoms with Crippen molar-refractivity contribution >= 4 is 17.6 Å². The molecule has 1 fully saturated rings. The van der Waals surface area contributed by atoms with Crippen molar-refractivity contribution in [3.8, 4) is 0 Å². The second kappa shape index (κ2) is 9.59. The molecule has 1 aromatic heterocycles. The number of hydrogen-bond donors (Lipinski definition) is 1. The third-order valence-electron chi connectivity index (χ3n) is 4.48. The highest BCUT2D eigenvalue weighted by molar-refractivity contribution is 6.31. The van der Waals surface area contributed by atoms with Crippen LogP contribution in [0, 0.1) is 0 Å². The number of piperazine rings is 1. The molecule has 0 amide bonds. The van der Waals surface area contributed by atoms with Gasteiger partial charge in [-0.3, -0.25) is 9.89 Å². The van der Waals surface area contributed by atoms with Gasteiger partial charge in [0, 0.05) is 56.9 Å². The third kappa shape index (κ3) is 5.22. The monoisotopic (exact) mass is 375 g/mol. The van der Waals surface area contributed by atoms with Crippen LogP contribution in [0.25, 0.3) is 0 Å². The lowest BCUT2D eigenvalue weighted by Gasteiger charge is -2.36. The molecule has 1 aliphatic rings. The summed E-state index contributed by atoms with van der Waals surface area (Å²) in [7, 11) is 0. The molecule has 1 aliphatic heterocycles. The lowest BCUT2D eigenvalue weighted by atomic mass is 10.1. The Balaban J connectivity index is 1.52. The van der Waals surface area contributed by atoms with Crippen LogP contribution in [0.3, 0.4) is 0 Å². The Morgan fingerprint density at radius 3 is 2.73 bits per heavy atom. The maximum absolute atomic E-state index is 6.23. The molecule has 0 saturated carbocycles. The van der Waals surface area contributed by atoms with Gasteiger partial charge in [-0.05, 0) is 25.0 Å². The van der Waals surface area contributed by atoms with E-state index in [1.165, 1.54) is 0 Å². The fourth-order valence-electron chi connectivity index (χ4n) is 3.08. The standard InChI is InChI=1S/C19H26ClN5O/c1-2-21-19(22-9-7-16-5-3-4-6-18(16)20)25-12-10-24(11-13-25)15-17-8-14-26-23-17/h3-6,8,14H,2,7,9-13,15H2,1H3,(H,21,22). The summed E-state index contributed by atoms with van der Waals surface area (Å²) in [5, 5.41) is 8.22. The van der Waals surface area contributed by atoms with E-state index in [2.05, 4.69) is 33.3 Å². The Morgan fingerprint density at radius 2 is 2.04 bits per heavy atom. The van der Waals surface area contributed by atoms with Crippen molar-refractivity contribution in [1.29, 1.82) is 0 Å². The van der Waals surface area contributed by atoms with Gasteiger partial charge < -0.3 is 14.7 Å². The summed E-state index contributed by atoms with van der Waals surface area (Å²) in [6.45, 7) is 8.42. The number of halogens is 1. The second-order valence-corrected chi connectivity index (χ2v) is 6.74. The first kappa shape index (κ1) is 18.7. The first-order valence-electron chi connectivity index (χ1n) is 9.14. The predicted molar refractivity (Wildman–Crippen MR) is 104 cm³/mol. The normalized spacial score (nSPS) is 16.1. The van der Waals surface area contributed by atoms with Gasteiger partial charge in [0.2, 0.25) is 0 Å². The Hall–Kier alpha value is -2.05. The molecule has 7 heteroatoms. The van der Waals surface area contributed by atoms with E-state index in [0.717, 1.165) is 74.5 Å². The summed E-state index contributed by atoms with van der Waals surface area (Å²) < 4.78 is 4.91. The summed E-state index contributed by atoms with van der Waals surface area (Å²) in [5.41, 5.74) is 2.13. The number of nitrogens with zero attached hydrogens (tertiary/aromatic N) is 4. The molecule has 0 unspecified atom stereocenters. The molecular weight excluding hydrogens is 350 g/mol. The van der Waals surface area contributed by atoms with Gasteiger partial charge in [0.1, 0.15) is 6.26 Å². The van der Waals surface area contributed by atoms with Gasteiger partial charge in [-0.2, -0.15) is 0 Å². The van der Waals surface area contributed by atoms with E-state index in [4.69, 9.17) is 21.1 Å². The smallest absolute Gasteiger partial charge is 0.194 e. The van der Waals surface area contributed by atoms with Crippen LogP contribution in [0.5, 0.6) is 0 Å². The zero-order chi connectivity index (χ0) is 18.2. The van der Waals surface area contributed by atoms with Crippen LogP contribution in [0.2, 0.25) is 5.02 Å². The number of rotatable bonds is 6. The van der Waals surface area contributed by atoms with Crippen LogP contribution in [0.1, 0.15) is 18.2 Å². The molecule has 1 aromatic carbocycles. The highest BCUT2D eigenvalue weighted by atomic mass is 35.5. The zero-order valence-corrected chi connectivity index (χ0v) is 16.0. The molecule has 1 saturated heterocycles. The van der Waals surface area contributed by atoms with Crippen molar-refractivity contribution in [2.24, 2.45) is 4.99 Å². The van der Waals surface area contributed by atoms with Crippen LogP contribution in [-0.4, -0.2) is 60.2 Å². The highest BCUT2D eigenvalue weighted by Crippen LogP contribution is 2.15. The predicted octanol–water partition coefficient (Wildman–Crippen LogP) is 2.65. The van der Waals surface area contributed by atoms with Crippen molar-refractivity contribution in [2.75, 3.05) is 39.3 Å². The summed E-state index contributed by atoms with van der Waals surface area (Å²) in [4.78, 5) is 9.52. The van der Waals surface area contributed by atoms with E-state index in [9.17, 15) is 0 Å². The molecule has 0 atom stereocenters. The van der Waals surface area contributed by atoms with Crippen molar-refractivity contribution in [3.63, 3.8) is 0 Å². The molecule has 6 nitrogen and oxygen atoms in total. The van der Waals surface area contributed by atoms with Crippen LogP contribution < -0.4 is 5.32 Å². The molecule has 0 radical (unpaired) electrons. The minimum atomic E-state index is 0.727. The first-order chi connectivity index (χ1) is 12.8. The fourth-order valence-corrected chi connectivity index (χ4v) is 3.31. The van der Waals surface area contributed by atoms with Gasteiger partial charge in [-0.25, -0.2) is 0 Å². The van der Waals surface area contributed by atoms with Crippen molar-refractivity contribution in [1.82, 2.24) is 20.3 Å². The number of aromatic nitrogens is 1. The average molecular weight is 376 g/mol. The van der Waals surface area contributed by atoms with E-state index in [-0.39, 0.29) is 0 Å². The zero-order valence-electron chi connectivity index (χ0n) is 15.2. The van der Waals surface area contributed by atoms with Crippen LogP contribution >= 0.6 is 11.6 Å². The van der Waals surface area contributed by atoms with Gasteiger partial charge in [0.15, 0.2) is 5.96 Å². The molecule has 0 spiro atoms. The number of benzene rings is 1. The van der Waals surface area contributed by atoms with Gasteiger partial charge in [0.25, 0.3) is 0 Å².